The zero-order chi connectivity index (χ0) is 14.4. The van der Waals surface area contributed by atoms with Crippen molar-refractivity contribution >= 4 is 11.6 Å². The smallest absolute Gasteiger partial charge is 0.163 e. The quantitative estimate of drug-likeness (QED) is 0.808. The van der Waals surface area contributed by atoms with Gasteiger partial charge in [0, 0.05) is 24.2 Å². The summed E-state index contributed by atoms with van der Waals surface area (Å²) in [4.78, 5) is 2.43. The highest BCUT2D eigenvalue weighted by Crippen LogP contribution is 2.35. The van der Waals surface area contributed by atoms with Crippen LogP contribution in [0.4, 0.5) is 0 Å². The number of benzene rings is 1. The van der Waals surface area contributed by atoms with Gasteiger partial charge in [0.1, 0.15) is 0 Å². The number of halogens is 1. The van der Waals surface area contributed by atoms with E-state index in [1.54, 1.807) is 20.3 Å². The van der Waals surface area contributed by atoms with E-state index in [0.29, 0.717) is 10.8 Å². The molecule has 1 aromatic carbocycles. The molecule has 1 saturated heterocycles. The van der Waals surface area contributed by atoms with Crippen molar-refractivity contribution in [2.24, 2.45) is 0 Å². The van der Waals surface area contributed by atoms with Gasteiger partial charge in [0.15, 0.2) is 11.5 Å². The summed E-state index contributed by atoms with van der Waals surface area (Å²) < 4.78 is 16.1. The second-order valence-electron chi connectivity index (χ2n) is 4.86. The molecule has 0 bridgehead atoms. The predicted octanol–water partition coefficient (Wildman–Crippen LogP) is 2.62. The molecule has 0 radical (unpaired) electrons. The van der Waals surface area contributed by atoms with Crippen LogP contribution in [0.1, 0.15) is 12.0 Å². The lowest BCUT2D eigenvalue weighted by Gasteiger charge is -2.26. The minimum atomic E-state index is 0.684. The Morgan fingerprint density at radius 1 is 1.20 bits per heavy atom. The molecule has 0 atom stereocenters. The van der Waals surface area contributed by atoms with Crippen molar-refractivity contribution in [3.8, 4) is 11.5 Å². The zero-order valence-electron chi connectivity index (χ0n) is 12.2. The van der Waals surface area contributed by atoms with Crippen LogP contribution in [0, 0.1) is 0 Å². The van der Waals surface area contributed by atoms with E-state index in [4.69, 9.17) is 25.8 Å². The molecule has 0 saturated carbocycles. The summed E-state index contributed by atoms with van der Waals surface area (Å²) in [5, 5.41) is 0.684. The predicted molar refractivity (Wildman–Crippen MR) is 80.1 cm³/mol. The number of morpholine rings is 1. The summed E-state index contributed by atoms with van der Waals surface area (Å²) in [7, 11) is 3.29. The summed E-state index contributed by atoms with van der Waals surface area (Å²) in [6, 6.07) is 3.74. The Morgan fingerprint density at radius 3 is 2.60 bits per heavy atom. The molecule has 0 N–H and O–H groups in total. The second kappa shape index (κ2) is 7.72. The number of aryl methyl sites for hydroxylation is 1. The first-order valence-electron chi connectivity index (χ1n) is 6.95. The van der Waals surface area contributed by atoms with Crippen molar-refractivity contribution in [2.45, 2.75) is 12.8 Å². The van der Waals surface area contributed by atoms with E-state index in [0.717, 1.165) is 57.0 Å². The van der Waals surface area contributed by atoms with Crippen molar-refractivity contribution in [2.75, 3.05) is 47.1 Å². The Kier molecular flexibility index (Phi) is 5.95. The molecular weight excluding hydrogens is 278 g/mol. The van der Waals surface area contributed by atoms with Crippen molar-refractivity contribution < 1.29 is 14.2 Å². The number of nitrogens with zero attached hydrogens (tertiary/aromatic N) is 1. The van der Waals surface area contributed by atoms with Crippen LogP contribution in [-0.4, -0.2) is 52.0 Å². The Morgan fingerprint density at radius 2 is 1.95 bits per heavy atom. The summed E-state index contributed by atoms with van der Waals surface area (Å²) in [6.07, 6.45) is 2.00. The van der Waals surface area contributed by atoms with E-state index in [2.05, 4.69) is 4.90 Å². The average Bonchev–Trinajstić information content (AvgIpc) is 2.47. The lowest BCUT2D eigenvalue weighted by atomic mass is 10.1. The Balaban J connectivity index is 1.95. The van der Waals surface area contributed by atoms with Crippen LogP contribution in [-0.2, 0) is 11.2 Å². The lowest BCUT2D eigenvalue weighted by molar-refractivity contribution is 0.0374. The van der Waals surface area contributed by atoms with E-state index in [-0.39, 0.29) is 0 Å². The van der Waals surface area contributed by atoms with Gasteiger partial charge >= 0.3 is 0 Å². The van der Waals surface area contributed by atoms with E-state index >= 15 is 0 Å². The minimum absolute atomic E-state index is 0.684. The number of ether oxygens (including phenoxy) is 3. The van der Waals surface area contributed by atoms with Gasteiger partial charge in [0.05, 0.1) is 27.4 Å². The molecule has 1 heterocycles. The van der Waals surface area contributed by atoms with E-state index in [1.165, 1.54) is 0 Å². The topological polar surface area (TPSA) is 30.9 Å². The fourth-order valence-corrected chi connectivity index (χ4v) is 2.74. The number of methoxy groups -OCH3 is 2. The van der Waals surface area contributed by atoms with Crippen molar-refractivity contribution in [1.82, 2.24) is 4.90 Å². The van der Waals surface area contributed by atoms with E-state index in [9.17, 15) is 0 Å². The maximum absolute atomic E-state index is 6.12. The van der Waals surface area contributed by atoms with E-state index < -0.39 is 0 Å². The van der Waals surface area contributed by atoms with Crippen LogP contribution in [0.5, 0.6) is 11.5 Å². The highest BCUT2D eigenvalue weighted by Gasteiger charge is 2.13. The Labute approximate surface area is 125 Å². The standard InChI is InChI=1S/C15H22ClNO3/c1-18-14-11-13(16)10-12(15(14)19-2)4-3-5-17-6-8-20-9-7-17/h10-11H,3-9H2,1-2H3. The molecule has 112 valence electrons. The van der Waals surface area contributed by atoms with Crippen LogP contribution in [0.2, 0.25) is 5.02 Å². The van der Waals surface area contributed by atoms with Crippen LogP contribution < -0.4 is 9.47 Å². The number of rotatable bonds is 6. The molecule has 0 aromatic heterocycles. The Hall–Kier alpha value is -0.970. The average molecular weight is 300 g/mol. The van der Waals surface area contributed by atoms with Gasteiger partial charge in [0.2, 0.25) is 0 Å². The lowest BCUT2D eigenvalue weighted by Crippen LogP contribution is -2.36. The molecule has 0 spiro atoms. The Bertz CT molecular complexity index is 433. The normalized spacial score (nSPS) is 16.1. The summed E-state index contributed by atoms with van der Waals surface area (Å²) in [6.45, 7) is 4.80. The summed E-state index contributed by atoms with van der Waals surface area (Å²) in [5.74, 6) is 1.49. The van der Waals surface area contributed by atoms with Crippen molar-refractivity contribution in [3.63, 3.8) is 0 Å². The van der Waals surface area contributed by atoms with E-state index in [1.807, 2.05) is 6.07 Å². The maximum Gasteiger partial charge on any atom is 0.163 e. The largest absolute Gasteiger partial charge is 0.493 e. The van der Waals surface area contributed by atoms with Gasteiger partial charge in [-0.25, -0.2) is 0 Å². The molecule has 1 aliphatic rings. The first-order chi connectivity index (χ1) is 9.74. The van der Waals surface area contributed by atoms with Gasteiger partial charge in [-0.15, -0.1) is 0 Å². The number of hydrogen-bond donors (Lipinski definition) is 0. The molecule has 5 heteroatoms. The van der Waals surface area contributed by atoms with Crippen molar-refractivity contribution in [1.29, 1.82) is 0 Å². The monoisotopic (exact) mass is 299 g/mol. The highest BCUT2D eigenvalue weighted by molar-refractivity contribution is 6.30. The molecule has 1 aliphatic heterocycles. The first kappa shape index (κ1) is 15.4. The number of hydrogen-bond acceptors (Lipinski definition) is 4. The molecule has 0 unspecified atom stereocenters. The summed E-state index contributed by atoms with van der Waals surface area (Å²) >= 11 is 6.12. The van der Waals surface area contributed by atoms with Gasteiger partial charge in [-0.3, -0.25) is 4.90 Å². The fourth-order valence-electron chi connectivity index (χ4n) is 2.51. The van der Waals surface area contributed by atoms with Crippen LogP contribution in [0.15, 0.2) is 12.1 Å². The summed E-state index contributed by atoms with van der Waals surface area (Å²) in [5.41, 5.74) is 1.10. The second-order valence-corrected chi connectivity index (χ2v) is 5.29. The minimum Gasteiger partial charge on any atom is -0.493 e. The van der Waals surface area contributed by atoms with Gasteiger partial charge in [-0.2, -0.15) is 0 Å². The molecular formula is C15H22ClNO3. The molecule has 0 amide bonds. The van der Waals surface area contributed by atoms with Gasteiger partial charge in [-0.05, 0) is 31.0 Å². The van der Waals surface area contributed by atoms with Crippen LogP contribution >= 0.6 is 11.6 Å². The third kappa shape index (κ3) is 4.01. The molecule has 20 heavy (non-hydrogen) atoms. The third-order valence-electron chi connectivity index (χ3n) is 3.54. The first-order valence-corrected chi connectivity index (χ1v) is 7.33. The highest BCUT2D eigenvalue weighted by atomic mass is 35.5. The molecule has 0 aliphatic carbocycles. The van der Waals surface area contributed by atoms with Gasteiger partial charge in [-0.1, -0.05) is 11.6 Å². The molecule has 4 nitrogen and oxygen atoms in total. The fraction of sp³-hybridized carbons (Fsp3) is 0.600. The molecule has 1 fully saturated rings. The van der Waals surface area contributed by atoms with Gasteiger partial charge < -0.3 is 14.2 Å². The van der Waals surface area contributed by atoms with Crippen LogP contribution in [0.25, 0.3) is 0 Å². The SMILES string of the molecule is COc1cc(Cl)cc(CCCN2CCOCC2)c1OC. The molecule has 2 rings (SSSR count). The van der Waals surface area contributed by atoms with Crippen LogP contribution in [0.3, 0.4) is 0 Å². The third-order valence-corrected chi connectivity index (χ3v) is 3.76. The zero-order valence-corrected chi connectivity index (χ0v) is 12.9. The van der Waals surface area contributed by atoms with Gasteiger partial charge in [0.25, 0.3) is 0 Å². The van der Waals surface area contributed by atoms with Crippen molar-refractivity contribution in [3.05, 3.63) is 22.7 Å². The molecule has 1 aromatic rings. The maximum atomic E-state index is 6.12.